The van der Waals surface area contributed by atoms with Crippen molar-refractivity contribution in [3.8, 4) is 0 Å². The third kappa shape index (κ3) is 5.43. The van der Waals surface area contributed by atoms with E-state index in [0.29, 0.717) is 13.0 Å². The van der Waals surface area contributed by atoms with E-state index in [2.05, 4.69) is 0 Å². The van der Waals surface area contributed by atoms with E-state index in [0.717, 1.165) is 5.56 Å². The summed E-state index contributed by atoms with van der Waals surface area (Å²) in [6.07, 6.45) is 0.444. The summed E-state index contributed by atoms with van der Waals surface area (Å²) in [7, 11) is 0. The number of amides is 1. The minimum Gasteiger partial charge on any atom is -0.481 e. The number of carbonyl (C=O) groups excluding carboxylic acids is 1. The zero-order chi connectivity index (χ0) is 15.1. The summed E-state index contributed by atoms with van der Waals surface area (Å²) < 4.78 is 0. The van der Waals surface area contributed by atoms with E-state index < -0.39 is 11.9 Å². The molecule has 0 saturated heterocycles. The van der Waals surface area contributed by atoms with E-state index in [1.54, 1.807) is 11.8 Å². The Hall–Kier alpha value is -1.84. The quantitative estimate of drug-likeness (QED) is 0.833. The van der Waals surface area contributed by atoms with Gasteiger partial charge in [-0.3, -0.25) is 9.59 Å². The van der Waals surface area contributed by atoms with Gasteiger partial charge in [0.25, 0.3) is 0 Å². The second kappa shape index (κ2) is 7.68. The van der Waals surface area contributed by atoms with Crippen LogP contribution in [-0.4, -0.2) is 28.4 Å². The molecule has 0 bridgehead atoms. The molecule has 110 valence electrons. The Balaban J connectivity index is 2.78. The summed E-state index contributed by atoms with van der Waals surface area (Å²) in [6, 6.07) is 9.65. The number of aliphatic carboxylic acids is 1. The first-order valence-electron chi connectivity index (χ1n) is 6.94. The first-order valence-corrected chi connectivity index (χ1v) is 6.94. The van der Waals surface area contributed by atoms with Crippen LogP contribution in [0.5, 0.6) is 0 Å². The van der Waals surface area contributed by atoms with Crippen LogP contribution in [0, 0.1) is 11.8 Å². The molecule has 0 fully saturated rings. The molecule has 0 radical (unpaired) electrons. The first kappa shape index (κ1) is 16.2. The van der Waals surface area contributed by atoms with Gasteiger partial charge in [-0.05, 0) is 11.5 Å². The van der Waals surface area contributed by atoms with E-state index in [1.807, 2.05) is 44.2 Å². The molecule has 0 aliphatic rings. The lowest BCUT2D eigenvalue weighted by atomic mass is 10.1. The van der Waals surface area contributed by atoms with Crippen molar-refractivity contribution in [2.24, 2.45) is 11.8 Å². The summed E-state index contributed by atoms with van der Waals surface area (Å²) in [5.41, 5.74) is 1.02. The minimum absolute atomic E-state index is 0.0111. The Morgan fingerprint density at radius 2 is 1.75 bits per heavy atom. The van der Waals surface area contributed by atoms with Gasteiger partial charge < -0.3 is 10.0 Å². The Bertz CT molecular complexity index is 442. The number of hydrogen-bond acceptors (Lipinski definition) is 2. The van der Waals surface area contributed by atoms with Crippen molar-refractivity contribution >= 4 is 11.9 Å². The Morgan fingerprint density at radius 3 is 2.25 bits per heavy atom. The van der Waals surface area contributed by atoms with Crippen molar-refractivity contribution < 1.29 is 14.7 Å². The van der Waals surface area contributed by atoms with Crippen LogP contribution in [0.2, 0.25) is 0 Å². The average molecular weight is 277 g/mol. The summed E-state index contributed by atoms with van der Waals surface area (Å²) in [6.45, 7) is 6.31. The molecule has 1 amide bonds. The molecule has 0 aliphatic carbocycles. The van der Waals surface area contributed by atoms with Crippen LogP contribution in [0.4, 0.5) is 0 Å². The number of carboxylic acids is 1. The molecule has 20 heavy (non-hydrogen) atoms. The smallest absolute Gasteiger partial charge is 0.308 e. The molecule has 0 aliphatic heterocycles. The van der Waals surface area contributed by atoms with Crippen molar-refractivity contribution in [3.63, 3.8) is 0 Å². The van der Waals surface area contributed by atoms with Crippen LogP contribution in [0.25, 0.3) is 0 Å². The van der Waals surface area contributed by atoms with Gasteiger partial charge in [0.2, 0.25) is 5.91 Å². The fraction of sp³-hybridized carbons (Fsp3) is 0.500. The molecule has 1 unspecified atom stereocenters. The highest BCUT2D eigenvalue weighted by Crippen LogP contribution is 2.12. The molecule has 0 aromatic heterocycles. The third-order valence-corrected chi connectivity index (χ3v) is 3.07. The highest BCUT2D eigenvalue weighted by molar-refractivity contribution is 5.77. The van der Waals surface area contributed by atoms with E-state index in [-0.39, 0.29) is 18.4 Å². The lowest BCUT2D eigenvalue weighted by Gasteiger charge is -2.25. The van der Waals surface area contributed by atoms with Gasteiger partial charge in [0.1, 0.15) is 0 Å². The SMILES string of the molecule is CC(C)CC(=O)N(Cc1ccccc1)CC(C)C(=O)O. The van der Waals surface area contributed by atoms with Gasteiger partial charge in [-0.2, -0.15) is 0 Å². The summed E-state index contributed by atoms with van der Waals surface area (Å²) in [5.74, 6) is -1.16. The van der Waals surface area contributed by atoms with Crippen LogP contribution < -0.4 is 0 Å². The van der Waals surface area contributed by atoms with Crippen molar-refractivity contribution in [2.45, 2.75) is 33.7 Å². The van der Waals surface area contributed by atoms with Gasteiger partial charge in [-0.15, -0.1) is 0 Å². The van der Waals surface area contributed by atoms with E-state index in [1.165, 1.54) is 0 Å². The summed E-state index contributed by atoms with van der Waals surface area (Å²) in [4.78, 5) is 24.9. The lowest BCUT2D eigenvalue weighted by Crippen LogP contribution is -2.37. The Labute approximate surface area is 120 Å². The second-order valence-electron chi connectivity index (χ2n) is 5.60. The first-order chi connectivity index (χ1) is 9.40. The van der Waals surface area contributed by atoms with Gasteiger partial charge in [-0.1, -0.05) is 51.1 Å². The topological polar surface area (TPSA) is 57.6 Å². The normalized spacial score (nSPS) is 12.2. The molecule has 0 spiro atoms. The maximum Gasteiger partial charge on any atom is 0.308 e. The number of rotatable bonds is 7. The van der Waals surface area contributed by atoms with Crippen molar-refractivity contribution in [1.29, 1.82) is 0 Å². The zero-order valence-corrected chi connectivity index (χ0v) is 12.4. The fourth-order valence-corrected chi connectivity index (χ4v) is 1.95. The van der Waals surface area contributed by atoms with Gasteiger partial charge in [0.15, 0.2) is 0 Å². The molecule has 0 saturated carbocycles. The van der Waals surface area contributed by atoms with Gasteiger partial charge in [0, 0.05) is 19.5 Å². The van der Waals surface area contributed by atoms with Crippen LogP contribution >= 0.6 is 0 Å². The predicted octanol–water partition coefficient (Wildman–Crippen LogP) is 2.78. The van der Waals surface area contributed by atoms with E-state index in [9.17, 15) is 9.59 Å². The summed E-state index contributed by atoms with van der Waals surface area (Å²) in [5, 5.41) is 9.02. The zero-order valence-electron chi connectivity index (χ0n) is 12.4. The lowest BCUT2D eigenvalue weighted by molar-refractivity contribution is -0.143. The van der Waals surface area contributed by atoms with Crippen molar-refractivity contribution in [2.75, 3.05) is 6.54 Å². The molecule has 0 heterocycles. The van der Waals surface area contributed by atoms with Crippen LogP contribution in [-0.2, 0) is 16.1 Å². The second-order valence-corrected chi connectivity index (χ2v) is 5.60. The largest absolute Gasteiger partial charge is 0.481 e. The monoisotopic (exact) mass is 277 g/mol. The standard InChI is InChI=1S/C16H23NO3/c1-12(2)9-15(18)17(10-13(3)16(19)20)11-14-7-5-4-6-8-14/h4-8,12-13H,9-11H2,1-3H3,(H,19,20). The van der Waals surface area contributed by atoms with Crippen molar-refractivity contribution in [3.05, 3.63) is 35.9 Å². The number of hydrogen-bond donors (Lipinski definition) is 1. The number of benzene rings is 1. The van der Waals surface area contributed by atoms with Gasteiger partial charge >= 0.3 is 5.97 Å². The number of nitrogens with zero attached hydrogens (tertiary/aromatic N) is 1. The molecule has 1 aromatic rings. The van der Waals surface area contributed by atoms with Crippen LogP contribution in [0.15, 0.2) is 30.3 Å². The molecule has 1 atom stereocenters. The number of carboxylic acid groups (broad SMARTS) is 1. The van der Waals surface area contributed by atoms with Crippen LogP contribution in [0.1, 0.15) is 32.8 Å². The highest BCUT2D eigenvalue weighted by Gasteiger charge is 2.21. The molecular formula is C16H23NO3. The third-order valence-electron chi connectivity index (χ3n) is 3.07. The maximum absolute atomic E-state index is 12.2. The predicted molar refractivity (Wildman–Crippen MR) is 78.1 cm³/mol. The molecule has 4 nitrogen and oxygen atoms in total. The number of carbonyl (C=O) groups is 2. The van der Waals surface area contributed by atoms with E-state index in [4.69, 9.17) is 5.11 Å². The Kier molecular flexibility index (Phi) is 6.22. The average Bonchev–Trinajstić information content (AvgIpc) is 2.38. The van der Waals surface area contributed by atoms with Gasteiger partial charge in [0.05, 0.1) is 5.92 Å². The fourth-order valence-electron chi connectivity index (χ4n) is 1.95. The Morgan fingerprint density at radius 1 is 1.15 bits per heavy atom. The molecule has 1 aromatic carbocycles. The summed E-state index contributed by atoms with van der Waals surface area (Å²) >= 11 is 0. The molecule has 4 heteroatoms. The van der Waals surface area contributed by atoms with Crippen LogP contribution in [0.3, 0.4) is 0 Å². The highest BCUT2D eigenvalue weighted by atomic mass is 16.4. The molecule has 1 N–H and O–H groups in total. The molecule has 1 rings (SSSR count). The maximum atomic E-state index is 12.2. The molecular weight excluding hydrogens is 254 g/mol. The minimum atomic E-state index is -0.875. The van der Waals surface area contributed by atoms with Gasteiger partial charge in [-0.25, -0.2) is 0 Å². The van der Waals surface area contributed by atoms with E-state index >= 15 is 0 Å². The van der Waals surface area contributed by atoms with Crippen molar-refractivity contribution in [1.82, 2.24) is 4.90 Å².